The van der Waals surface area contributed by atoms with Crippen molar-refractivity contribution in [2.75, 3.05) is 19.0 Å². The van der Waals surface area contributed by atoms with E-state index in [0.29, 0.717) is 16.2 Å². The van der Waals surface area contributed by atoms with Crippen molar-refractivity contribution in [3.63, 3.8) is 0 Å². The molecule has 1 aliphatic carbocycles. The van der Waals surface area contributed by atoms with Gasteiger partial charge in [0.05, 0.1) is 16.0 Å². The zero-order valence-electron chi connectivity index (χ0n) is 22.6. The number of fused-ring (bicyclic) bond motifs is 1. The predicted octanol–water partition coefficient (Wildman–Crippen LogP) is 8.32. The van der Waals surface area contributed by atoms with Gasteiger partial charge in [-0.2, -0.15) is 0 Å². The van der Waals surface area contributed by atoms with Gasteiger partial charge in [-0.25, -0.2) is 13.4 Å². The number of sulfone groups is 1. The highest BCUT2D eigenvalue weighted by Crippen LogP contribution is 2.44. The van der Waals surface area contributed by atoms with Crippen LogP contribution in [0.4, 0.5) is 0 Å². The lowest BCUT2D eigenvalue weighted by atomic mass is 10.0. The normalized spacial score (nSPS) is 22.0. The van der Waals surface area contributed by atoms with Gasteiger partial charge in [-0.05, 0) is 56.1 Å². The SMILES string of the molecule is O=S(=O)(C[C@@H]1C[C@@H]1CCCCCCCCCCCCCCOC1CCCCO1)c1nc2ccccc2s1. The van der Waals surface area contributed by atoms with Gasteiger partial charge in [-0.3, -0.25) is 0 Å². The number of hydrogen-bond donors (Lipinski definition) is 0. The van der Waals surface area contributed by atoms with Crippen LogP contribution in [0.5, 0.6) is 0 Å². The molecule has 0 spiro atoms. The highest BCUT2D eigenvalue weighted by atomic mass is 32.2. The van der Waals surface area contributed by atoms with E-state index in [2.05, 4.69) is 4.98 Å². The molecule has 2 aromatic rings. The molecule has 37 heavy (non-hydrogen) atoms. The van der Waals surface area contributed by atoms with Gasteiger partial charge in [0.15, 0.2) is 6.29 Å². The molecule has 3 atom stereocenters. The van der Waals surface area contributed by atoms with Crippen molar-refractivity contribution < 1.29 is 17.9 Å². The van der Waals surface area contributed by atoms with Crippen LogP contribution in [0, 0.1) is 11.8 Å². The molecular weight excluding hydrogens is 502 g/mol. The summed E-state index contributed by atoms with van der Waals surface area (Å²) in [5.41, 5.74) is 0.792. The molecule has 1 unspecified atom stereocenters. The topological polar surface area (TPSA) is 65.5 Å². The Hall–Kier alpha value is -1.02. The van der Waals surface area contributed by atoms with Crippen LogP contribution in [0.15, 0.2) is 28.6 Å². The average molecular weight is 550 g/mol. The van der Waals surface area contributed by atoms with Crippen LogP contribution in [0.1, 0.15) is 109 Å². The van der Waals surface area contributed by atoms with Gasteiger partial charge in [0.25, 0.3) is 0 Å². The minimum atomic E-state index is -3.26. The van der Waals surface area contributed by atoms with Crippen LogP contribution in [0.3, 0.4) is 0 Å². The van der Waals surface area contributed by atoms with E-state index < -0.39 is 9.84 Å². The molecular formula is C30H47NO4S2. The van der Waals surface area contributed by atoms with Crippen molar-refractivity contribution in [2.45, 2.75) is 120 Å². The Labute approximate surface area is 228 Å². The molecule has 2 heterocycles. The molecule has 5 nitrogen and oxygen atoms in total. The van der Waals surface area contributed by atoms with Crippen LogP contribution >= 0.6 is 11.3 Å². The Morgan fingerprint density at radius 2 is 1.54 bits per heavy atom. The van der Waals surface area contributed by atoms with Gasteiger partial charge < -0.3 is 9.47 Å². The minimum Gasteiger partial charge on any atom is -0.353 e. The van der Waals surface area contributed by atoms with Crippen molar-refractivity contribution in [3.8, 4) is 0 Å². The fourth-order valence-electron chi connectivity index (χ4n) is 5.54. The maximum atomic E-state index is 12.8. The summed E-state index contributed by atoms with van der Waals surface area (Å²) >= 11 is 1.31. The van der Waals surface area contributed by atoms with E-state index in [1.165, 1.54) is 108 Å². The third-order valence-corrected chi connectivity index (χ3v) is 11.3. The number of nitrogens with zero attached hydrogens (tertiary/aromatic N) is 1. The average Bonchev–Trinajstić information content (AvgIpc) is 3.46. The van der Waals surface area contributed by atoms with E-state index in [1.807, 2.05) is 24.3 Å². The summed E-state index contributed by atoms with van der Waals surface area (Å²) in [7, 11) is -3.26. The third-order valence-electron chi connectivity index (χ3n) is 7.95. The second-order valence-corrected chi connectivity index (χ2v) is 14.4. The predicted molar refractivity (Wildman–Crippen MR) is 153 cm³/mol. The number of benzene rings is 1. The second-order valence-electron chi connectivity index (χ2n) is 11.2. The Morgan fingerprint density at radius 1 is 0.865 bits per heavy atom. The maximum Gasteiger partial charge on any atom is 0.210 e. The van der Waals surface area contributed by atoms with Crippen LogP contribution < -0.4 is 0 Å². The first-order valence-corrected chi connectivity index (χ1v) is 17.4. The lowest BCUT2D eigenvalue weighted by Crippen LogP contribution is -2.22. The first kappa shape index (κ1) is 29.0. The van der Waals surface area contributed by atoms with Crippen molar-refractivity contribution in [1.29, 1.82) is 0 Å². The summed E-state index contributed by atoms with van der Waals surface area (Å²) in [5.74, 6) is 1.23. The van der Waals surface area contributed by atoms with E-state index in [1.54, 1.807) is 0 Å². The molecule has 4 rings (SSSR count). The zero-order valence-corrected chi connectivity index (χ0v) is 24.2. The summed E-state index contributed by atoms with van der Waals surface area (Å²) in [5, 5.41) is 0. The summed E-state index contributed by atoms with van der Waals surface area (Å²) < 4.78 is 38.2. The van der Waals surface area contributed by atoms with E-state index >= 15 is 0 Å². The molecule has 1 saturated carbocycles. The number of aromatic nitrogens is 1. The van der Waals surface area contributed by atoms with E-state index in [-0.39, 0.29) is 12.0 Å². The molecule has 1 aromatic heterocycles. The first-order chi connectivity index (χ1) is 18.1. The van der Waals surface area contributed by atoms with Gasteiger partial charge in [-0.15, -0.1) is 11.3 Å². The molecule has 0 N–H and O–H groups in total. The summed E-state index contributed by atoms with van der Waals surface area (Å²) in [6.45, 7) is 1.72. The Morgan fingerprint density at radius 3 is 2.22 bits per heavy atom. The van der Waals surface area contributed by atoms with Gasteiger partial charge >= 0.3 is 0 Å². The molecule has 1 aliphatic heterocycles. The number of unbranched alkanes of at least 4 members (excludes halogenated alkanes) is 11. The number of hydrogen-bond acceptors (Lipinski definition) is 6. The van der Waals surface area contributed by atoms with E-state index in [0.717, 1.165) is 36.3 Å². The number of ether oxygens (including phenoxy) is 2. The smallest absolute Gasteiger partial charge is 0.210 e. The third kappa shape index (κ3) is 10.2. The molecule has 0 bridgehead atoms. The van der Waals surface area contributed by atoms with Gasteiger partial charge in [0.2, 0.25) is 14.2 Å². The molecule has 2 fully saturated rings. The fourth-order valence-corrected chi connectivity index (χ4v) is 8.57. The number of para-hydroxylation sites is 1. The molecule has 0 radical (unpaired) electrons. The Balaban J connectivity index is 0.916. The van der Waals surface area contributed by atoms with Crippen molar-refractivity contribution in [3.05, 3.63) is 24.3 Å². The summed E-state index contributed by atoms with van der Waals surface area (Å²) in [4.78, 5) is 4.37. The maximum absolute atomic E-state index is 12.8. The zero-order chi connectivity index (χ0) is 25.8. The van der Waals surface area contributed by atoms with Crippen LogP contribution in [0.25, 0.3) is 10.2 Å². The van der Waals surface area contributed by atoms with Gasteiger partial charge in [0.1, 0.15) is 0 Å². The Bertz CT molecular complexity index is 983. The molecule has 2 aliphatic rings. The van der Waals surface area contributed by atoms with E-state index in [4.69, 9.17) is 9.47 Å². The van der Waals surface area contributed by atoms with Crippen LogP contribution in [0.2, 0.25) is 0 Å². The molecule has 1 aromatic carbocycles. The Kier molecular flexibility index (Phi) is 12.2. The second kappa shape index (κ2) is 15.5. The first-order valence-electron chi connectivity index (χ1n) is 14.9. The van der Waals surface area contributed by atoms with Gasteiger partial charge in [0, 0.05) is 13.2 Å². The highest BCUT2D eigenvalue weighted by molar-refractivity contribution is 7.93. The fraction of sp³-hybridized carbons (Fsp3) is 0.767. The molecule has 0 amide bonds. The standard InChI is InChI=1S/C30H47NO4S2/c32-37(33,30-31-27-18-12-13-19-28(27)36-30)24-26-23-25(26)17-11-9-7-5-3-1-2-4-6-8-10-15-21-34-29-20-14-16-22-35-29/h12-13,18-19,25-26,29H,1-11,14-17,20-24H2/t25-,26-,29?/m0/s1. The summed E-state index contributed by atoms with van der Waals surface area (Å²) in [6.07, 6.45) is 21.7. The van der Waals surface area contributed by atoms with Crippen molar-refractivity contribution >= 4 is 31.4 Å². The minimum absolute atomic E-state index is 0.0686. The summed E-state index contributed by atoms with van der Waals surface area (Å²) in [6, 6.07) is 7.67. The molecule has 7 heteroatoms. The monoisotopic (exact) mass is 549 g/mol. The molecule has 1 saturated heterocycles. The lowest BCUT2D eigenvalue weighted by Gasteiger charge is -2.22. The van der Waals surface area contributed by atoms with Crippen molar-refractivity contribution in [2.24, 2.45) is 11.8 Å². The van der Waals surface area contributed by atoms with Crippen LogP contribution in [-0.2, 0) is 19.3 Å². The quantitative estimate of drug-likeness (QED) is 0.165. The van der Waals surface area contributed by atoms with Crippen molar-refractivity contribution in [1.82, 2.24) is 4.98 Å². The number of rotatable bonds is 19. The number of thiazole rings is 1. The highest BCUT2D eigenvalue weighted by Gasteiger charge is 2.40. The van der Waals surface area contributed by atoms with Gasteiger partial charge in [-0.1, -0.05) is 89.2 Å². The van der Waals surface area contributed by atoms with Crippen LogP contribution in [-0.4, -0.2) is 38.7 Å². The molecule has 208 valence electrons. The van der Waals surface area contributed by atoms with E-state index in [9.17, 15) is 8.42 Å². The largest absolute Gasteiger partial charge is 0.353 e. The lowest BCUT2D eigenvalue weighted by molar-refractivity contribution is -0.162.